The molecule has 20 heavy (non-hydrogen) atoms. The van der Waals surface area contributed by atoms with Gasteiger partial charge < -0.3 is 9.64 Å². The van der Waals surface area contributed by atoms with Gasteiger partial charge in [0.1, 0.15) is 0 Å². The van der Waals surface area contributed by atoms with Crippen molar-refractivity contribution in [1.29, 1.82) is 0 Å². The second-order valence-electron chi connectivity index (χ2n) is 4.64. The summed E-state index contributed by atoms with van der Waals surface area (Å²) in [7, 11) is 1.65. The Bertz CT molecular complexity index is 551. The van der Waals surface area contributed by atoms with Crippen LogP contribution < -0.4 is 0 Å². The van der Waals surface area contributed by atoms with Gasteiger partial charge in [-0.2, -0.15) is 0 Å². The predicted octanol–water partition coefficient (Wildman–Crippen LogP) is 3.35. The summed E-state index contributed by atoms with van der Waals surface area (Å²) >= 11 is 1.50. The molecule has 0 aliphatic carbocycles. The lowest BCUT2D eigenvalue weighted by Crippen LogP contribution is -2.33. The van der Waals surface area contributed by atoms with Gasteiger partial charge in [0, 0.05) is 20.2 Å². The molecule has 2 rings (SSSR count). The average Bonchev–Trinajstić information content (AvgIpc) is 2.90. The van der Waals surface area contributed by atoms with E-state index in [-0.39, 0.29) is 5.91 Å². The van der Waals surface area contributed by atoms with Gasteiger partial charge in [-0.05, 0) is 29.5 Å². The van der Waals surface area contributed by atoms with E-state index in [4.69, 9.17) is 4.74 Å². The Hall–Kier alpha value is -1.65. The molecule has 1 aromatic carbocycles. The molecular weight excluding hydrogens is 270 g/mol. The predicted molar refractivity (Wildman–Crippen MR) is 82.1 cm³/mol. The smallest absolute Gasteiger partial charge is 0.264 e. The van der Waals surface area contributed by atoms with Crippen LogP contribution in [0.15, 0.2) is 41.8 Å². The van der Waals surface area contributed by atoms with Crippen LogP contribution in [0.1, 0.15) is 20.8 Å². The second-order valence-corrected chi connectivity index (χ2v) is 5.55. The number of hydrogen-bond donors (Lipinski definition) is 0. The highest BCUT2D eigenvalue weighted by molar-refractivity contribution is 7.12. The number of amides is 1. The molecule has 0 N–H and O–H groups in total. The van der Waals surface area contributed by atoms with Gasteiger partial charge >= 0.3 is 0 Å². The summed E-state index contributed by atoms with van der Waals surface area (Å²) in [5.41, 5.74) is 2.17. The third-order valence-corrected chi connectivity index (χ3v) is 4.13. The third kappa shape index (κ3) is 3.68. The van der Waals surface area contributed by atoms with Crippen molar-refractivity contribution in [2.24, 2.45) is 0 Å². The van der Waals surface area contributed by atoms with Crippen LogP contribution in [0, 0.1) is 6.92 Å². The van der Waals surface area contributed by atoms with Crippen molar-refractivity contribution in [2.75, 3.05) is 20.3 Å². The topological polar surface area (TPSA) is 29.5 Å². The maximum Gasteiger partial charge on any atom is 0.264 e. The SMILES string of the molecule is COCCN(Cc1ccccc1)C(=O)c1sccc1C. The van der Waals surface area contributed by atoms with E-state index in [2.05, 4.69) is 0 Å². The lowest BCUT2D eigenvalue weighted by molar-refractivity contribution is 0.0684. The van der Waals surface area contributed by atoms with Crippen molar-refractivity contribution >= 4 is 17.2 Å². The summed E-state index contributed by atoms with van der Waals surface area (Å²) in [6.07, 6.45) is 0. The summed E-state index contributed by atoms with van der Waals surface area (Å²) in [6, 6.07) is 12.0. The molecule has 1 heterocycles. The third-order valence-electron chi connectivity index (χ3n) is 3.13. The van der Waals surface area contributed by atoms with Gasteiger partial charge in [0.15, 0.2) is 0 Å². The van der Waals surface area contributed by atoms with Crippen molar-refractivity contribution in [3.8, 4) is 0 Å². The highest BCUT2D eigenvalue weighted by atomic mass is 32.1. The molecule has 1 aromatic heterocycles. The highest BCUT2D eigenvalue weighted by Crippen LogP contribution is 2.19. The minimum absolute atomic E-state index is 0.0819. The minimum Gasteiger partial charge on any atom is -0.383 e. The van der Waals surface area contributed by atoms with Crippen molar-refractivity contribution in [3.63, 3.8) is 0 Å². The fourth-order valence-electron chi connectivity index (χ4n) is 1.99. The van der Waals surface area contributed by atoms with E-state index in [0.717, 1.165) is 16.0 Å². The first kappa shape index (κ1) is 14.8. The largest absolute Gasteiger partial charge is 0.383 e. The number of hydrogen-bond acceptors (Lipinski definition) is 3. The Labute approximate surface area is 123 Å². The molecule has 0 saturated carbocycles. The van der Waals surface area contributed by atoms with Crippen molar-refractivity contribution in [1.82, 2.24) is 4.90 Å². The van der Waals surface area contributed by atoms with E-state index in [0.29, 0.717) is 19.7 Å². The molecule has 0 aliphatic rings. The molecule has 0 atom stereocenters. The Morgan fingerprint density at radius 1 is 1.25 bits per heavy atom. The molecule has 0 fully saturated rings. The number of aryl methyl sites for hydroxylation is 1. The number of thiophene rings is 1. The van der Waals surface area contributed by atoms with Gasteiger partial charge in [-0.15, -0.1) is 11.3 Å². The van der Waals surface area contributed by atoms with E-state index in [9.17, 15) is 4.79 Å². The summed E-state index contributed by atoms with van der Waals surface area (Å²) < 4.78 is 5.12. The summed E-state index contributed by atoms with van der Waals surface area (Å²) in [4.78, 5) is 15.3. The number of carbonyl (C=O) groups is 1. The highest BCUT2D eigenvalue weighted by Gasteiger charge is 2.18. The molecule has 0 spiro atoms. The molecule has 4 heteroatoms. The molecule has 0 bridgehead atoms. The summed E-state index contributed by atoms with van der Waals surface area (Å²) in [5.74, 6) is 0.0819. The Morgan fingerprint density at radius 3 is 2.60 bits per heavy atom. The Balaban J connectivity index is 2.15. The van der Waals surface area contributed by atoms with Crippen LogP contribution in [0.2, 0.25) is 0 Å². The molecule has 106 valence electrons. The fraction of sp³-hybridized carbons (Fsp3) is 0.312. The molecule has 0 aliphatic heterocycles. The van der Waals surface area contributed by atoms with Gasteiger partial charge in [-0.1, -0.05) is 30.3 Å². The Morgan fingerprint density at radius 2 is 2.00 bits per heavy atom. The molecule has 0 saturated heterocycles. The zero-order valence-corrected chi connectivity index (χ0v) is 12.7. The number of ether oxygens (including phenoxy) is 1. The lowest BCUT2D eigenvalue weighted by Gasteiger charge is -2.22. The first-order chi connectivity index (χ1) is 9.72. The van der Waals surface area contributed by atoms with E-state index in [1.54, 1.807) is 7.11 Å². The number of benzene rings is 1. The zero-order valence-electron chi connectivity index (χ0n) is 11.8. The zero-order chi connectivity index (χ0) is 14.4. The number of methoxy groups -OCH3 is 1. The van der Waals surface area contributed by atoms with E-state index < -0.39 is 0 Å². The Kier molecular flexibility index (Phi) is 5.32. The summed E-state index contributed by atoms with van der Waals surface area (Å²) in [5, 5.41) is 1.96. The van der Waals surface area contributed by atoms with E-state index in [1.807, 2.05) is 53.6 Å². The lowest BCUT2D eigenvalue weighted by atomic mass is 10.2. The van der Waals surface area contributed by atoms with Crippen LogP contribution >= 0.6 is 11.3 Å². The van der Waals surface area contributed by atoms with Gasteiger partial charge in [-0.3, -0.25) is 4.79 Å². The fourth-order valence-corrected chi connectivity index (χ4v) is 2.89. The van der Waals surface area contributed by atoms with Crippen molar-refractivity contribution in [3.05, 3.63) is 57.8 Å². The van der Waals surface area contributed by atoms with E-state index >= 15 is 0 Å². The molecular formula is C16H19NO2S. The monoisotopic (exact) mass is 289 g/mol. The van der Waals surface area contributed by atoms with Crippen LogP contribution in [-0.4, -0.2) is 31.1 Å². The van der Waals surface area contributed by atoms with Gasteiger partial charge in [0.25, 0.3) is 5.91 Å². The maximum atomic E-state index is 12.6. The van der Waals surface area contributed by atoms with E-state index in [1.165, 1.54) is 11.3 Å². The summed E-state index contributed by atoms with van der Waals surface area (Å²) in [6.45, 7) is 3.73. The van der Waals surface area contributed by atoms with Gasteiger partial charge in [-0.25, -0.2) is 0 Å². The van der Waals surface area contributed by atoms with Crippen LogP contribution in [0.4, 0.5) is 0 Å². The average molecular weight is 289 g/mol. The number of rotatable bonds is 6. The van der Waals surface area contributed by atoms with Gasteiger partial charge in [0.05, 0.1) is 11.5 Å². The normalized spacial score (nSPS) is 10.5. The first-order valence-corrected chi connectivity index (χ1v) is 7.46. The first-order valence-electron chi connectivity index (χ1n) is 6.58. The minimum atomic E-state index is 0.0819. The van der Waals surface area contributed by atoms with Crippen molar-refractivity contribution < 1.29 is 9.53 Å². The molecule has 1 amide bonds. The van der Waals surface area contributed by atoms with Gasteiger partial charge in [0.2, 0.25) is 0 Å². The second kappa shape index (κ2) is 7.22. The standard InChI is InChI=1S/C16H19NO2S/c1-13-8-11-20-15(13)16(18)17(9-10-19-2)12-14-6-4-3-5-7-14/h3-8,11H,9-10,12H2,1-2H3. The van der Waals surface area contributed by atoms with Crippen molar-refractivity contribution in [2.45, 2.75) is 13.5 Å². The number of nitrogens with zero attached hydrogens (tertiary/aromatic N) is 1. The van der Waals surface area contributed by atoms with Crippen LogP contribution in [-0.2, 0) is 11.3 Å². The molecule has 0 radical (unpaired) electrons. The maximum absolute atomic E-state index is 12.6. The van der Waals surface area contributed by atoms with Crippen LogP contribution in [0.3, 0.4) is 0 Å². The quantitative estimate of drug-likeness (QED) is 0.816. The van der Waals surface area contributed by atoms with Crippen LogP contribution in [0.25, 0.3) is 0 Å². The molecule has 2 aromatic rings. The molecule has 0 unspecified atom stereocenters. The van der Waals surface area contributed by atoms with Crippen LogP contribution in [0.5, 0.6) is 0 Å². The number of carbonyl (C=O) groups excluding carboxylic acids is 1. The molecule has 3 nitrogen and oxygen atoms in total.